The molecule has 3 N–H and O–H groups in total. The summed E-state index contributed by atoms with van der Waals surface area (Å²) in [7, 11) is 0. The van der Waals surface area contributed by atoms with Crippen LogP contribution in [0.3, 0.4) is 0 Å². The number of nitrogens with one attached hydrogen (secondary N) is 1. The first-order valence-corrected chi connectivity index (χ1v) is 7.77. The topological polar surface area (TPSA) is 103 Å². The van der Waals surface area contributed by atoms with E-state index in [4.69, 9.17) is 10.00 Å². The number of carbonyl (C=O) groups excluding carboxylic acids is 1. The van der Waals surface area contributed by atoms with Gasteiger partial charge in [0.05, 0.1) is 0 Å². The van der Waals surface area contributed by atoms with Crippen molar-refractivity contribution in [2.45, 2.75) is 18.8 Å². The minimum absolute atomic E-state index is 0.126. The molecule has 1 amide bonds. The Bertz CT molecular complexity index is 681. The van der Waals surface area contributed by atoms with Crippen molar-refractivity contribution in [3.05, 3.63) is 57.8 Å². The maximum absolute atomic E-state index is 11.6. The van der Waals surface area contributed by atoms with Crippen LogP contribution in [0.25, 0.3) is 0 Å². The number of amides is 1. The van der Waals surface area contributed by atoms with Crippen molar-refractivity contribution < 1.29 is 19.7 Å². The Morgan fingerprint density at radius 3 is 2.74 bits per heavy atom. The molecule has 2 atom stereocenters. The number of thiophene rings is 1. The molecule has 0 bridgehead atoms. The lowest BCUT2D eigenvalue weighted by atomic mass is 10.1. The monoisotopic (exact) mass is 332 g/mol. The first-order chi connectivity index (χ1) is 11.1. The minimum atomic E-state index is -1.19. The Balaban J connectivity index is 1.76. The molecule has 0 spiro atoms. The van der Waals surface area contributed by atoms with Crippen molar-refractivity contribution >= 4 is 17.4 Å². The molecule has 0 radical (unpaired) electrons. The molecule has 0 saturated carbocycles. The van der Waals surface area contributed by atoms with Crippen molar-refractivity contribution in [2.75, 3.05) is 6.54 Å². The number of nitrogens with zero attached hydrogens (tertiary/aromatic N) is 1. The molecule has 0 aliphatic heterocycles. The van der Waals surface area contributed by atoms with Gasteiger partial charge in [-0.05, 0) is 22.6 Å². The van der Waals surface area contributed by atoms with Gasteiger partial charge in [-0.1, -0.05) is 30.3 Å². The number of benzene rings is 1. The second-order valence-electron chi connectivity index (χ2n) is 4.81. The van der Waals surface area contributed by atoms with Crippen molar-refractivity contribution in [3.63, 3.8) is 0 Å². The Morgan fingerprint density at radius 1 is 1.35 bits per heavy atom. The maximum Gasteiger partial charge on any atom is 0.407 e. The third kappa shape index (κ3) is 5.07. The number of alkyl carbamates (subject to hydrolysis) is 1. The largest absolute Gasteiger partial charge is 0.445 e. The highest BCUT2D eigenvalue weighted by molar-refractivity contribution is 7.10. The second kappa shape index (κ2) is 8.29. The smallest absolute Gasteiger partial charge is 0.407 e. The molecular formula is C16H16N2O4S. The van der Waals surface area contributed by atoms with Crippen LogP contribution >= 0.6 is 11.3 Å². The average molecular weight is 332 g/mol. The summed E-state index contributed by atoms with van der Waals surface area (Å²) in [6.45, 7) is -0.0338. The van der Waals surface area contributed by atoms with E-state index in [1.54, 1.807) is 5.38 Å². The van der Waals surface area contributed by atoms with Crippen molar-refractivity contribution in [1.82, 2.24) is 5.32 Å². The predicted octanol–water partition coefficient (Wildman–Crippen LogP) is 1.94. The number of hydrogen-bond donors (Lipinski definition) is 3. The van der Waals surface area contributed by atoms with Gasteiger partial charge in [0, 0.05) is 6.54 Å². The van der Waals surface area contributed by atoms with Gasteiger partial charge in [-0.2, -0.15) is 5.26 Å². The molecule has 1 heterocycles. The quantitative estimate of drug-likeness (QED) is 0.750. The molecule has 0 saturated heterocycles. The van der Waals surface area contributed by atoms with E-state index in [-0.39, 0.29) is 13.2 Å². The van der Waals surface area contributed by atoms with E-state index in [1.807, 2.05) is 36.4 Å². The SMILES string of the molecule is N#Cc1cc(C(O)C(O)CNC(=O)OCc2ccccc2)cs1. The minimum Gasteiger partial charge on any atom is -0.445 e. The predicted molar refractivity (Wildman–Crippen MR) is 84.6 cm³/mol. The zero-order chi connectivity index (χ0) is 16.7. The van der Waals surface area contributed by atoms with E-state index < -0.39 is 18.3 Å². The molecule has 120 valence electrons. The molecule has 0 aliphatic rings. The Labute approximate surface area is 137 Å². The van der Waals surface area contributed by atoms with Gasteiger partial charge >= 0.3 is 6.09 Å². The molecule has 7 heteroatoms. The molecule has 0 fully saturated rings. The van der Waals surface area contributed by atoms with Gasteiger partial charge in [0.1, 0.15) is 29.8 Å². The van der Waals surface area contributed by atoms with Crippen LogP contribution in [-0.4, -0.2) is 29.0 Å². The zero-order valence-corrected chi connectivity index (χ0v) is 13.0. The van der Waals surface area contributed by atoms with Crippen LogP contribution in [0.2, 0.25) is 0 Å². The summed E-state index contributed by atoms with van der Waals surface area (Å²) in [6, 6.07) is 12.7. The molecule has 6 nitrogen and oxygen atoms in total. The summed E-state index contributed by atoms with van der Waals surface area (Å²) < 4.78 is 5.00. The van der Waals surface area contributed by atoms with Crippen molar-refractivity contribution in [1.29, 1.82) is 5.26 Å². The number of aliphatic hydroxyl groups is 2. The summed E-state index contributed by atoms with van der Waals surface area (Å²) in [6.07, 6.45) is -3.05. The van der Waals surface area contributed by atoms with Crippen LogP contribution in [0.15, 0.2) is 41.8 Å². The first-order valence-electron chi connectivity index (χ1n) is 6.89. The van der Waals surface area contributed by atoms with Gasteiger partial charge in [0.25, 0.3) is 0 Å². The Morgan fingerprint density at radius 2 is 2.09 bits per heavy atom. The molecular weight excluding hydrogens is 316 g/mol. The summed E-state index contributed by atoms with van der Waals surface area (Å²) in [4.78, 5) is 12.0. The van der Waals surface area contributed by atoms with Crippen LogP contribution in [0.1, 0.15) is 22.1 Å². The fraction of sp³-hybridized carbons (Fsp3) is 0.250. The second-order valence-corrected chi connectivity index (χ2v) is 5.72. The Hall–Kier alpha value is -2.40. The number of ether oxygens (including phenoxy) is 1. The lowest BCUT2D eigenvalue weighted by Gasteiger charge is -2.17. The summed E-state index contributed by atoms with van der Waals surface area (Å²) in [5.74, 6) is 0. The molecule has 2 unspecified atom stereocenters. The van der Waals surface area contributed by atoms with Gasteiger partial charge in [-0.3, -0.25) is 0 Å². The summed E-state index contributed by atoms with van der Waals surface area (Å²) in [5.41, 5.74) is 1.30. The van der Waals surface area contributed by atoms with E-state index in [2.05, 4.69) is 5.32 Å². The number of hydrogen-bond acceptors (Lipinski definition) is 6. The molecule has 1 aromatic heterocycles. The number of rotatable bonds is 6. The number of aliphatic hydroxyl groups excluding tert-OH is 2. The molecule has 1 aromatic carbocycles. The molecule has 23 heavy (non-hydrogen) atoms. The lowest BCUT2D eigenvalue weighted by molar-refractivity contribution is 0.0186. The molecule has 0 aliphatic carbocycles. The average Bonchev–Trinajstić information content (AvgIpc) is 3.07. The van der Waals surface area contributed by atoms with E-state index in [0.717, 1.165) is 5.56 Å². The summed E-state index contributed by atoms with van der Waals surface area (Å²) in [5, 5.41) is 32.6. The maximum atomic E-state index is 11.6. The van der Waals surface area contributed by atoms with Crippen LogP contribution in [0.5, 0.6) is 0 Å². The highest BCUT2D eigenvalue weighted by Crippen LogP contribution is 2.22. The van der Waals surface area contributed by atoms with Gasteiger partial charge in [-0.25, -0.2) is 4.79 Å². The highest BCUT2D eigenvalue weighted by atomic mass is 32.1. The van der Waals surface area contributed by atoms with E-state index >= 15 is 0 Å². The molecule has 2 aromatic rings. The van der Waals surface area contributed by atoms with Crippen LogP contribution in [-0.2, 0) is 11.3 Å². The zero-order valence-electron chi connectivity index (χ0n) is 12.2. The molecule has 2 rings (SSSR count). The standard InChI is InChI=1S/C16H16N2O4S/c17-7-13-6-12(10-23-13)15(20)14(19)8-18-16(21)22-9-11-4-2-1-3-5-11/h1-6,10,14-15,19-20H,8-9H2,(H,18,21). The van der Waals surface area contributed by atoms with E-state index in [9.17, 15) is 15.0 Å². The van der Waals surface area contributed by atoms with E-state index in [0.29, 0.717) is 10.4 Å². The van der Waals surface area contributed by atoms with Gasteiger partial charge in [0.2, 0.25) is 0 Å². The lowest BCUT2D eigenvalue weighted by Crippen LogP contribution is -2.35. The van der Waals surface area contributed by atoms with Crippen LogP contribution < -0.4 is 5.32 Å². The number of carbonyl (C=O) groups is 1. The Kier molecular flexibility index (Phi) is 6.11. The fourth-order valence-corrected chi connectivity index (χ4v) is 2.59. The summed E-state index contributed by atoms with van der Waals surface area (Å²) >= 11 is 1.18. The van der Waals surface area contributed by atoms with Crippen LogP contribution in [0, 0.1) is 11.3 Å². The normalized spacial score (nSPS) is 12.9. The van der Waals surface area contributed by atoms with E-state index in [1.165, 1.54) is 17.4 Å². The first kappa shape index (κ1) is 17.0. The van der Waals surface area contributed by atoms with Crippen molar-refractivity contribution in [3.8, 4) is 6.07 Å². The third-order valence-corrected chi connectivity index (χ3v) is 3.96. The van der Waals surface area contributed by atoms with Gasteiger partial charge < -0.3 is 20.3 Å². The fourth-order valence-electron chi connectivity index (χ4n) is 1.86. The number of nitriles is 1. The third-order valence-electron chi connectivity index (χ3n) is 3.10. The van der Waals surface area contributed by atoms with Crippen LogP contribution in [0.4, 0.5) is 4.79 Å². The van der Waals surface area contributed by atoms with Gasteiger partial charge in [-0.15, -0.1) is 11.3 Å². The highest BCUT2D eigenvalue weighted by Gasteiger charge is 2.20. The van der Waals surface area contributed by atoms with Crippen molar-refractivity contribution in [2.24, 2.45) is 0 Å². The van der Waals surface area contributed by atoms with Gasteiger partial charge in [0.15, 0.2) is 0 Å².